The number of carbonyl (C=O) groups excluding carboxylic acids is 2. The van der Waals surface area contributed by atoms with E-state index in [0.717, 1.165) is 11.1 Å². The van der Waals surface area contributed by atoms with Crippen LogP contribution >= 0.6 is 11.8 Å². The molecule has 0 spiro atoms. The third-order valence-corrected chi connectivity index (χ3v) is 5.85. The first-order valence-electron chi connectivity index (χ1n) is 10.8. The van der Waals surface area contributed by atoms with Crippen molar-refractivity contribution >= 4 is 46.5 Å². The Hall–Kier alpha value is -4.12. The molecule has 1 atom stereocenters. The molecule has 0 saturated carbocycles. The van der Waals surface area contributed by atoms with E-state index in [4.69, 9.17) is 24.5 Å². The van der Waals surface area contributed by atoms with E-state index in [-0.39, 0.29) is 11.2 Å². The van der Waals surface area contributed by atoms with Crippen molar-refractivity contribution in [2.75, 3.05) is 0 Å². The summed E-state index contributed by atoms with van der Waals surface area (Å²) in [4.78, 5) is 48.4. The second kappa shape index (κ2) is 10.6. The molecular weight excluding hydrogens is 486 g/mol. The summed E-state index contributed by atoms with van der Waals surface area (Å²) in [6.45, 7) is 7.40. The number of allylic oxidation sites excluding steroid dienone is 1. The first-order chi connectivity index (χ1) is 16.9. The van der Waals surface area contributed by atoms with Crippen molar-refractivity contribution in [1.29, 1.82) is 0 Å². The Labute approximate surface area is 211 Å². The van der Waals surface area contributed by atoms with Crippen LogP contribution in [0, 0.1) is 6.92 Å². The van der Waals surface area contributed by atoms with E-state index in [9.17, 15) is 9.59 Å². The van der Waals surface area contributed by atoms with E-state index in [1.807, 2.05) is 63.4 Å². The van der Waals surface area contributed by atoms with Crippen LogP contribution in [0.2, 0.25) is 0 Å². The van der Waals surface area contributed by atoms with Gasteiger partial charge in [-0.25, -0.2) is 14.4 Å². The third-order valence-electron chi connectivity index (χ3n) is 4.82. The minimum Gasteiger partial charge on any atom is -0.473 e. The van der Waals surface area contributed by atoms with Crippen LogP contribution < -0.4 is 5.32 Å². The van der Waals surface area contributed by atoms with E-state index in [1.54, 1.807) is 18.6 Å². The Morgan fingerprint density at radius 3 is 2.39 bits per heavy atom. The number of nitrogens with zero attached hydrogens (tertiary/aromatic N) is 2. The maximum Gasteiger partial charge on any atom is 0.419 e. The minimum absolute atomic E-state index is 0.0703. The van der Waals surface area contributed by atoms with Crippen LogP contribution in [0.25, 0.3) is 10.9 Å². The van der Waals surface area contributed by atoms with Crippen molar-refractivity contribution in [3.05, 3.63) is 76.7 Å². The zero-order valence-electron chi connectivity index (χ0n) is 20.0. The molecule has 3 heterocycles. The summed E-state index contributed by atoms with van der Waals surface area (Å²) in [6, 6.07) is 9.53. The number of Topliss-reactive ketones (excluding diaryl/α,β-unsaturated/α-hetero) is 1. The second-order valence-electron chi connectivity index (χ2n) is 8.83. The van der Waals surface area contributed by atoms with Crippen molar-refractivity contribution in [1.82, 2.24) is 14.9 Å². The average molecular weight is 512 g/mol. The Morgan fingerprint density at radius 1 is 1.11 bits per heavy atom. The summed E-state index contributed by atoms with van der Waals surface area (Å²) in [7, 11) is 0. The molecule has 2 aromatic heterocycles. The molecule has 1 aliphatic rings. The number of fused-ring (bicyclic) bond motifs is 1. The smallest absolute Gasteiger partial charge is 0.419 e. The largest absolute Gasteiger partial charge is 0.473 e. The number of hydrogen-bond donors (Lipinski definition) is 3. The number of carboxylic acid groups (broad SMARTS) is 2. The molecule has 4 rings (SSSR count). The van der Waals surface area contributed by atoms with E-state index in [1.165, 1.54) is 16.3 Å². The maximum atomic E-state index is 13.3. The van der Waals surface area contributed by atoms with Crippen LogP contribution in [0.3, 0.4) is 0 Å². The number of aromatic nitrogens is 2. The topological polar surface area (TPSA) is 148 Å². The molecule has 0 fully saturated rings. The molecule has 10 nitrogen and oxygen atoms in total. The second-order valence-corrected chi connectivity index (χ2v) is 9.81. The van der Waals surface area contributed by atoms with Crippen molar-refractivity contribution in [2.45, 2.75) is 38.7 Å². The number of pyridine rings is 1. The molecule has 0 amide bonds. The standard InChI is InChI=1S/C23H23N3O3S.C2H2O4/c1-14-7-8-16-17(12-26(19(16)10-14)22(28)29-23(2,3)4)20(27)18-13-30-21(25-18)15-6-5-9-24-11-15;3-1(4)2(5)6/h5-13,21,25H,1-4H3;(H,3,4)(H,5,6). The van der Waals surface area contributed by atoms with Crippen molar-refractivity contribution < 1.29 is 34.1 Å². The summed E-state index contributed by atoms with van der Waals surface area (Å²) >= 11 is 1.52. The molecule has 0 aliphatic carbocycles. The van der Waals surface area contributed by atoms with E-state index >= 15 is 0 Å². The fraction of sp³-hybridized carbons (Fsp3) is 0.240. The number of ether oxygens (including phenoxy) is 1. The predicted octanol–water partition coefficient (Wildman–Crippen LogP) is 4.34. The summed E-state index contributed by atoms with van der Waals surface area (Å²) in [5, 5.41) is 20.5. The molecule has 0 bridgehead atoms. The van der Waals surface area contributed by atoms with Gasteiger partial charge in [-0.15, -0.1) is 11.8 Å². The van der Waals surface area contributed by atoms with Gasteiger partial charge in [0.1, 0.15) is 11.0 Å². The highest BCUT2D eigenvalue weighted by Crippen LogP contribution is 2.35. The number of benzene rings is 1. The Kier molecular flexibility index (Phi) is 7.83. The SMILES string of the molecule is Cc1ccc2c(C(=O)C3=CSC(c4cccnc4)N3)cn(C(=O)OC(C)(C)C)c2c1.O=C(O)C(=O)O. The summed E-state index contributed by atoms with van der Waals surface area (Å²) in [5.41, 5.74) is 2.97. The van der Waals surface area contributed by atoms with Crippen molar-refractivity contribution in [2.24, 2.45) is 0 Å². The Balaban J connectivity index is 0.000000538. The number of rotatable bonds is 3. The lowest BCUT2D eigenvalue weighted by atomic mass is 10.1. The fourth-order valence-electron chi connectivity index (χ4n) is 3.28. The zero-order chi connectivity index (χ0) is 26.6. The average Bonchev–Trinajstić information content (AvgIpc) is 3.44. The van der Waals surface area contributed by atoms with Gasteiger partial charge in [0.05, 0.1) is 16.8 Å². The maximum absolute atomic E-state index is 13.3. The van der Waals surface area contributed by atoms with Gasteiger partial charge < -0.3 is 20.3 Å². The first kappa shape index (κ1) is 26.5. The number of aliphatic carboxylic acids is 2. The summed E-state index contributed by atoms with van der Waals surface area (Å²) < 4.78 is 6.96. The van der Waals surface area contributed by atoms with E-state index in [0.29, 0.717) is 22.2 Å². The Morgan fingerprint density at radius 2 is 1.81 bits per heavy atom. The molecule has 11 heteroatoms. The lowest BCUT2D eigenvalue weighted by Crippen LogP contribution is -2.26. The van der Waals surface area contributed by atoms with E-state index in [2.05, 4.69) is 10.3 Å². The molecule has 3 N–H and O–H groups in total. The van der Waals surface area contributed by atoms with Crippen LogP contribution in [0.5, 0.6) is 0 Å². The molecule has 188 valence electrons. The normalized spacial score (nSPS) is 14.8. The molecule has 1 unspecified atom stereocenters. The lowest BCUT2D eigenvalue weighted by molar-refractivity contribution is -0.159. The zero-order valence-corrected chi connectivity index (χ0v) is 20.8. The number of carbonyl (C=O) groups is 4. The van der Waals surface area contributed by atoms with Gasteiger partial charge in [-0.3, -0.25) is 14.3 Å². The molecule has 36 heavy (non-hydrogen) atoms. The third kappa shape index (κ3) is 6.30. The van der Waals surface area contributed by atoms with Gasteiger partial charge in [0.15, 0.2) is 0 Å². The predicted molar refractivity (Wildman–Crippen MR) is 134 cm³/mol. The van der Waals surface area contributed by atoms with Crippen LogP contribution in [0.4, 0.5) is 4.79 Å². The van der Waals surface area contributed by atoms with Crippen LogP contribution in [0.1, 0.15) is 47.6 Å². The van der Waals surface area contributed by atoms with Gasteiger partial charge in [-0.2, -0.15) is 0 Å². The number of thioether (sulfide) groups is 1. The highest BCUT2D eigenvalue weighted by Gasteiger charge is 2.28. The minimum atomic E-state index is -1.82. The first-order valence-corrected chi connectivity index (χ1v) is 11.7. The van der Waals surface area contributed by atoms with Gasteiger partial charge in [-0.1, -0.05) is 18.2 Å². The quantitative estimate of drug-likeness (QED) is 0.342. The number of carboxylic acids is 2. The molecule has 3 aromatic rings. The lowest BCUT2D eigenvalue weighted by Gasteiger charge is -2.19. The van der Waals surface area contributed by atoms with Crippen LogP contribution in [-0.4, -0.2) is 49.2 Å². The number of nitrogens with one attached hydrogen (secondary N) is 1. The highest BCUT2D eigenvalue weighted by atomic mass is 32.2. The molecular formula is C25H25N3O7S. The van der Waals surface area contributed by atoms with Gasteiger partial charge in [0, 0.05) is 34.9 Å². The van der Waals surface area contributed by atoms with Gasteiger partial charge in [0.25, 0.3) is 0 Å². The number of hydrogen-bond acceptors (Lipinski definition) is 8. The highest BCUT2D eigenvalue weighted by molar-refractivity contribution is 8.02. The van der Waals surface area contributed by atoms with Crippen LogP contribution in [0.15, 0.2) is 60.0 Å². The van der Waals surface area contributed by atoms with Gasteiger partial charge in [-0.05, 0) is 45.4 Å². The van der Waals surface area contributed by atoms with Crippen molar-refractivity contribution in [3.8, 4) is 0 Å². The summed E-state index contributed by atoms with van der Waals surface area (Å²) in [5.74, 6) is -3.81. The van der Waals surface area contributed by atoms with Crippen LogP contribution in [-0.2, 0) is 14.3 Å². The Bertz CT molecular complexity index is 1350. The summed E-state index contributed by atoms with van der Waals surface area (Å²) in [6.07, 6.45) is 4.57. The van der Waals surface area contributed by atoms with E-state index < -0.39 is 23.6 Å². The monoisotopic (exact) mass is 511 g/mol. The number of aryl methyl sites for hydroxylation is 1. The van der Waals surface area contributed by atoms with Gasteiger partial charge in [0.2, 0.25) is 5.78 Å². The van der Waals surface area contributed by atoms with Gasteiger partial charge >= 0.3 is 18.0 Å². The van der Waals surface area contributed by atoms with Crippen molar-refractivity contribution in [3.63, 3.8) is 0 Å². The molecule has 0 radical (unpaired) electrons. The fourth-order valence-corrected chi connectivity index (χ4v) is 4.22. The molecule has 0 saturated heterocycles. The molecule has 1 aromatic carbocycles. The number of ketones is 1. The molecule has 1 aliphatic heterocycles.